The Morgan fingerprint density at radius 3 is 2.27 bits per heavy atom. The number of carbonyl (C=O) groups is 5. The smallest absolute Gasteiger partial charge is 0.282 e. The van der Waals surface area contributed by atoms with Crippen molar-refractivity contribution < 1.29 is 28.9 Å². The van der Waals surface area contributed by atoms with Crippen LogP contribution < -0.4 is 5.32 Å². The molecule has 1 unspecified atom stereocenters. The molecule has 2 aromatic carbocycles. The summed E-state index contributed by atoms with van der Waals surface area (Å²) in [6.45, 7) is 1.48. The standard InChI is InChI=1S/C22H18N4O7/c1-12(25-21(30)15-3-2-4-16(26(32)33)19(15)22(25)31)20(29)23-14-7-5-13(6-8-14)11-24-17(27)9-10-18(24)28/h2-8,12H,9-11H2,1H3,(H,23,29). The van der Waals surface area contributed by atoms with E-state index in [9.17, 15) is 34.1 Å². The second kappa shape index (κ2) is 8.26. The van der Waals surface area contributed by atoms with Gasteiger partial charge in [-0.3, -0.25) is 43.9 Å². The van der Waals surface area contributed by atoms with E-state index in [2.05, 4.69) is 5.32 Å². The lowest BCUT2D eigenvalue weighted by molar-refractivity contribution is -0.385. The van der Waals surface area contributed by atoms with Gasteiger partial charge in [0.05, 0.1) is 17.0 Å². The van der Waals surface area contributed by atoms with Gasteiger partial charge >= 0.3 is 0 Å². The topological polar surface area (TPSA) is 147 Å². The second-order valence-corrected chi connectivity index (χ2v) is 7.67. The molecule has 0 bridgehead atoms. The Hall–Kier alpha value is -4.41. The lowest BCUT2D eigenvalue weighted by atomic mass is 10.1. The molecule has 0 radical (unpaired) electrons. The van der Waals surface area contributed by atoms with Crippen LogP contribution in [-0.4, -0.2) is 50.3 Å². The highest BCUT2D eigenvalue weighted by Crippen LogP contribution is 2.32. The van der Waals surface area contributed by atoms with Gasteiger partial charge in [-0.1, -0.05) is 18.2 Å². The first-order valence-corrected chi connectivity index (χ1v) is 10.1. The van der Waals surface area contributed by atoms with Crippen LogP contribution in [0.25, 0.3) is 0 Å². The lowest BCUT2D eigenvalue weighted by Crippen LogP contribution is -2.45. The van der Waals surface area contributed by atoms with Crippen LogP contribution in [0.4, 0.5) is 11.4 Å². The summed E-state index contributed by atoms with van der Waals surface area (Å²) in [7, 11) is 0. The molecule has 2 heterocycles. The summed E-state index contributed by atoms with van der Waals surface area (Å²) in [6.07, 6.45) is 0.400. The van der Waals surface area contributed by atoms with Crippen molar-refractivity contribution >= 4 is 40.9 Å². The molecule has 0 aromatic heterocycles. The third-order valence-corrected chi connectivity index (χ3v) is 5.60. The average molecular weight is 450 g/mol. The van der Waals surface area contributed by atoms with Crippen molar-refractivity contribution in [1.29, 1.82) is 0 Å². The fourth-order valence-corrected chi connectivity index (χ4v) is 3.83. The van der Waals surface area contributed by atoms with Gasteiger partial charge in [0.2, 0.25) is 17.7 Å². The fraction of sp³-hybridized carbons (Fsp3) is 0.227. The normalized spacial score (nSPS) is 16.3. The summed E-state index contributed by atoms with van der Waals surface area (Å²) in [6, 6.07) is 8.94. The summed E-state index contributed by atoms with van der Waals surface area (Å²) in [5, 5.41) is 13.8. The van der Waals surface area contributed by atoms with E-state index in [1.807, 2.05) is 0 Å². The monoisotopic (exact) mass is 450 g/mol. The Bertz CT molecular complexity index is 1210. The predicted octanol–water partition coefficient (Wildman–Crippen LogP) is 1.87. The van der Waals surface area contributed by atoms with Gasteiger partial charge in [-0.25, -0.2) is 0 Å². The first-order valence-electron chi connectivity index (χ1n) is 10.1. The third kappa shape index (κ3) is 3.84. The number of fused-ring (bicyclic) bond motifs is 1. The Labute approximate surface area is 187 Å². The van der Waals surface area contributed by atoms with Gasteiger partial charge in [0, 0.05) is 24.6 Å². The van der Waals surface area contributed by atoms with Crippen molar-refractivity contribution in [2.24, 2.45) is 0 Å². The van der Waals surface area contributed by atoms with E-state index >= 15 is 0 Å². The van der Waals surface area contributed by atoms with Crippen LogP contribution >= 0.6 is 0 Å². The van der Waals surface area contributed by atoms with Crippen LogP contribution in [0.15, 0.2) is 42.5 Å². The average Bonchev–Trinajstić information content (AvgIpc) is 3.24. The van der Waals surface area contributed by atoms with Crippen LogP contribution in [-0.2, 0) is 20.9 Å². The number of hydrogen-bond acceptors (Lipinski definition) is 7. The highest BCUT2D eigenvalue weighted by molar-refractivity contribution is 6.24. The molecular weight excluding hydrogens is 432 g/mol. The van der Waals surface area contributed by atoms with Crippen molar-refractivity contribution in [3.8, 4) is 0 Å². The van der Waals surface area contributed by atoms with Crippen molar-refractivity contribution in [1.82, 2.24) is 9.80 Å². The van der Waals surface area contributed by atoms with E-state index < -0.39 is 34.4 Å². The quantitative estimate of drug-likeness (QED) is 0.401. The van der Waals surface area contributed by atoms with E-state index in [1.54, 1.807) is 24.3 Å². The Balaban J connectivity index is 1.46. The SMILES string of the molecule is CC(C(=O)Nc1ccc(CN2C(=O)CCC2=O)cc1)N1C(=O)c2cccc([N+](=O)[O-])c2C1=O. The Morgan fingerprint density at radius 1 is 1.03 bits per heavy atom. The zero-order valence-electron chi connectivity index (χ0n) is 17.4. The first kappa shape index (κ1) is 21.8. The predicted molar refractivity (Wildman–Crippen MR) is 113 cm³/mol. The van der Waals surface area contributed by atoms with Gasteiger partial charge in [0.1, 0.15) is 11.6 Å². The third-order valence-electron chi connectivity index (χ3n) is 5.60. The maximum Gasteiger partial charge on any atom is 0.282 e. The number of hydrogen-bond donors (Lipinski definition) is 1. The lowest BCUT2D eigenvalue weighted by Gasteiger charge is -2.21. The molecule has 0 saturated carbocycles. The maximum atomic E-state index is 12.8. The molecule has 5 amide bonds. The highest BCUT2D eigenvalue weighted by atomic mass is 16.6. The molecule has 1 saturated heterocycles. The number of nitrogens with one attached hydrogen (secondary N) is 1. The number of carbonyl (C=O) groups excluding carboxylic acids is 5. The van der Waals surface area contributed by atoms with Crippen molar-refractivity contribution in [3.63, 3.8) is 0 Å². The summed E-state index contributed by atoms with van der Waals surface area (Å²) in [5.41, 5.74) is 0.118. The van der Waals surface area contributed by atoms with Gasteiger partial charge in [0.25, 0.3) is 17.5 Å². The van der Waals surface area contributed by atoms with Gasteiger partial charge in [-0.2, -0.15) is 0 Å². The molecule has 2 aromatic rings. The van der Waals surface area contributed by atoms with E-state index in [-0.39, 0.29) is 42.3 Å². The minimum absolute atomic E-state index is 0.121. The summed E-state index contributed by atoms with van der Waals surface area (Å²) in [5.74, 6) is -2.80. The Morgan fingerprint density at radius 2 is 1.67 bits per heavy atom. The number of nitrogens with zero attached hydrogens (tertiary/aromatic N) is 3. The molecule has 4 rings (SSSR count). The van der Waals surface area contributed by atoms with E-state index in [4.69, 9.17) is 0 Å². The van der Waals surface area contributed by atoms with Crippen molar-refractivity contribution in [2.45, 2.75) is 32.4 Å². The van der Waals surface area contributed by atoms with Crippen molar-refractivity contribution in [3.05, 3.63) is 69.3 Å². The molecule has 33 heavy (non-hydrogen) atoms. The number of imide groups is 2. The number of amides is 5. The first-order chi connectivity index (χ1) is 15.7. The molecule has 1 fully saturated rings. The number of benzene rings is 2. The van der Waals surface area contributed by atoms with Crippen LogP contribution in [0.3, 0.4) is 0 Å². The Kier molecular flexibility index (Phi) is 5.46. The largest absolute Gasteiger partial charge is 0.324 e. The van der Waals surface area contributed by atoms with Gasteiger partial charge in [0.15, 0.2) is 0 Å². The summed E-state index contributed by atoms with van der Waals surface area (Å²) < 4.78 is 0. The molecule has 2 aliphatic rings. The van der Waals surface area contributed by atoms with E-state index in [1.165, 1.54) is 24.0 Å². The summed E-state index contributed by atoms with van der Waals surface area (Å²) in [4.78, 5) is 74.0. The minimum Gasteiger partial charge on any atom is -0.324 e. The maximum absolute atomic E-state index is 12.8. The summed E-state index contributed by atoms with van der Waals surface area (Å²) >= 11 is 0. The molecule has 1 atom stereocenters. The molecule has 11 nitrogen and oxygen atoms in total. The molecule has 168 valence electrons. The molecule has 2 aliphatic heterocycles. The molecular formula is C22H18N4O7. The number of rotatable bonds is 6. The van der Waals surface area contributed by atoms with E-state index in [0.717, 1.165) is 6.07 Å². The molecule has 0 spiro atoms. The minimum atomic E-state index is -1.23. The zero-order chi connectivity index (χ0) is 23.9. The van der Waals surface area contributed by atoms with Gasteiger partial charge in [-0.15, -0.1) is 0 Å². The van der Waals surface area contributed by atoms with Crippen molar-refractivity contribution in [2.75, 3.05) is 5.32 Å². The van der Waals surface area contributed by atoms with Crippen LogP contribution in [0.1, 0.15) is 46.0 Å². The molecule has 0 aliphatic carbocycles. The van der Waals surface area contributed by atoms with Crippen LogP contribution in [0.2, 0.25) is 0 Å². The zero-order valence-corrected chi connectivity index (χ0v) is 17.4. The number of nitro benzene ring substituents is 1. The van der Waals surface area contributed by atoms with Gasteiger partial charge in [-0.05, 0) is 30.7 Å². The molecule has 11 heteroatoms. The number of anilines is 1. The van der Waals surface area contributed by atoms with Gasteiger partial charge < -0.3 is 5.32 Å². The number of nitro groups is 1. The molecule has 1 N–H and O–H groups in total. The van der Waals surface area contributed by atoms with E-state index in [0.29, 0.717) is 16.2 Å². The van der Waals surface area contributed by atoms with Crippen LogP contribution in [0, 0.1) is 10.1 Å². The number of likely N-dealkylation sites (tertiary alicyclic amines) is 1. The highest BCUT2D eigenvalue weighted by Gasteiger charge is 2.44. The second-order valence-electron chi connectivity index (χ2n) is 7.67. The van der Waals surface area contributed by atoms with Crippen LogP contribution in [0.5, 0.6) is 0 Å². The fourth-order valence-electron chi connectivity index (χ4n) is 3.83.